The second-order valence-corrected chi connectivity index (χ2v) is 7.25. The lowest BCUT2D eigenvalue weighted by Gasteiger charge is -2.34. The Balaban J connectivity index is 1.56. The summed E-state index contributed by atoms with van der Waals surface area (Å²) in [6.45, 7) is 5.95. The summed E-state index contributed by atoms with van der Waals surface area (Å²) in [6.07, 6.45) is 8.52. The zero-order chi connectivity index (χ0) is 16.2. The normalized spacial score (nSPS) is 28.4. The van der Waals surface area contributed by atoms with Crippen molar-refractivity contribution in [2.24, 2.45) is 11.8 Å². The maximum Gasteiger partial charge on any atom is 0.225 e. The number of hydrogen-bond acceptors (Lipinski definition) is 4. The van der Waals surface area contributed by atoms with E-state index >= 15 is 0 Å². The maximum atomic E-state index is 12.6. The number of aromatic nitrogens is 2. The van der Waals surface area contributed by atoms with Crippen molar-refractivity contribution in [2.75, 3.05) is 18.0 Å². The van der Waals surface area contributed by atoms with Crippen LogP contribution in [-0.2, 0) is 4.79 Å². The molecule has 1 aliphatic carbocycles. The van der Waals surface area contributed by atoms with Crippen LogP contribution < -0.4 is 10.2 Å². The predicted octanol–water partition coefficient (Wildman–Crippen LogP) is 2.70. The summed E-state index contributed by atoms with van der Waals surface area (Å²) >= 11 is 0. The van der Waals surface area contributed by atoms with Crippen LogP contribution in [0.15, 0.2) is 12.3 Å². The Bertz CT molecular complexity index is 540. The molecular formula is C18H28N4O. The van der Waals surface area contributed by atoms with Crippen molar-refractivity contribution in [3.63, 3.8) is 0 Å². The van der Waals surface area contributed by atoms with Crippen molar-refractivity contribution >= 4 is 11.9 Å². The fraction of sp³-hybridized carbons (Fsp3) is 0.722. The molecule has 1 saturated heterocycles. The molecule has 2 aliphatic rings. The van der Waals surface area contributed by atoms with Gasteiger partial charge < -0.3 is 10.2 Å². The number of anilines is 1. The number of hydrogen-bond donors (Lipinski definition) is 1. The second-order valence-electron chi connectivity index (χ2n) is 7.25. The number of piperidine rings is 1. The number of carbonyl (C=O) groups is 1. The molecule has 0 aromatic carbocycles. The first-order valence-corrected chi connectivity index (χ1v) is 8.97. The van der Waals surface area contributed by atoms with E-state index in [2.05, 4.69) is 27.1 Å². The Morgan fingerprint density at radius 3 is 2.78 bits per heavy atom. The predicted molar refractivity (Wildman–Crippen MR) is 91.3 cm³/mol. The molecule has 0 radical (unpaired) electrons. The molecule has 1 atom stereocenters. The molecule has 1 N–H and O–H groups in total. The number of nitrogens with zero attached hydrogens (tertiary/aromatic N) is 3. The Labute approximate surface area is 138 Å². The number of rotatable bonds is 3. The second kappa shape index (κ2) is 7.28. The van der Waals surface area contributed by atoms with Gasteiger partial charge in [0.15, 0.2) is 0 Å². The van der Waals surface area contributed by atoms with Crippen molar-refractivity contribution < 1.29 is 4.79 Å². The molecule has 1 aliphatic heterocycles. The van der Waals surface area contributed by atoms with Crippen LogP contribution in [0, 0.1) is 18.8 Å². The standard InChI is InChI=1S/C18H28N4O/c1-13-5-7-16(8-6-13)21-17(23)15-4-3-11-22(12-15)18-19-10-9-14(2)20-18/h9-10,13,15-16H,3-8,11-12H2,1-2H3,(H,21,23)/t13?,15-,16?/m0/s1. The number of carbonyl (C=O) groups excluding carboxylic acids is 1. The van der Waals surface area contributed by atoms with Crippen molar-refractivity contribution in [1.82, 2.24) is 15.3 Å². The van der Waals surface area contributed by atoms with E-state index in [4.69, 9.17) is 0 Å². The molecule has 3 rings (SSSR count). The molecule has 0 bridgehead atoms. The van der Waals surface area contributed by atoms with Gasteiger partial charge in [0, 0.05) is 31.0 Å². The van der Waals surface area contributed by atoms with Crippen LogP contribution in [0.4, 0.5) is 5.95 Å². The van der Waals surface area contributed by atoms with Gasteiger partial charge in [-0.2, -0.15) is 0 Å². The average molecular weight is 316 g/mol. The number of nitrogens with one attached hydrogen (secondary N) is 1. The highest BCUT2D eigenvalue weighted by atomic mass is 16.2. The maximum absolute atomic E-state index is 12.6. The van der Waals surface area contributed by atoms with E-state index in [9.17, 15) is 4.79 Å². The highest BCUT2D eigenvalue weighted by Crippen LogP contribution is 2.25. The molecule has 1 amide bonds. The molecule has 0 spiro atoms. The van der Waals surface area contributed by atoms with Crippen LogP contribution in [0.3, 0.4) is 0 Å². The molecule has 0 unspecified atom stereocenters. The van der Waals surface area contributed by atoms with Gasteiger partial charge in [-0.05, 0) is 57.4 Å². The van der Waals surface area contributed by atoms with Crippen LogP contribution in [0.5, 0.6) is 0 Å². The Hall–Kier alpha value is -1.65. The molecule has 1 saturated carbocycles. The van der Waals surface area contributed by atoms with Crippen LogP contribution in [0.2, 0.25) is 0 Å². The molecule has 2 heterocycles. The minimum absolute atomic E-state index is 0.0622. The largest absolute Gasteiger partial charge is 0.353 e. The highest BCUT2D eigenvalue weighted by molar-refractivity contribution is 5.79. The van der Waals surface area contributed by atoms with Crippen LogP contribution in [0.1, 0.15) is 51.1 Å². The average Bonchev–Trinajstić information content (AvgIpc) is 2.57. The van der Waals surface area contributed by atoms with E-state index in [-0.39, 0.29) is 11.8 Å². The Morgan fingerprint density at radius 2 is 2.04 bits per heavy atom. The monoisotopic (exact) mass is 316 g/mol. The van der Waals surface area contributed by atoms with Crippen molar-refractivity contribution in [3.8, 4) is 0 Å². The quantitative estimate of drug-likeness (QED) is 0.931. The lowest BCUT2D eigenvalue weighted by atomic mass is 9.87. The number of amides is 1. The fourth-order valence-corrected chi connectivity index (χ4v) is 3.68. The summed E-state index contributed by atoms with van der Waals surface area (Å²) < 4.78 is 0. The molecule has 1 aromatic rings. The lowest BCUT2D eigenvalue weighted by Crippen LogP contribution is -2.47. The molecule has 2 fully saturated rings. The van der Waals surface area contributed by atoms with Crippen molar-refractivity contribution in [1.29, 1.82) is 0 Å². The van der Waals surface area contributed by atoms with E-state index in [1.165, 1.54) is 12.8 Å². The molecule has 5 nitrogen and oxygen atoms in total. The van der Waals surface area contributed by atoms with Gasteiger partial charge >= 0.3 is 0 Å². The Kier molecular flexibility index (Phi) is 5.13. The summed E-state index contributed by atoms with van der Waals surface area (Å²) in [7, 11) is 0. The summed E-state index contributed by atoms with van der Waals surface area (Å²) in [5.41, 5.74) is 0.970. The minimum Gasteiger partial charge on any atom is -0.353 e. The zero-order valence-electron chi connectivity index (χ0n) is 14.3. The van der Waals surface area contributed by atoms with Gasteiger partial charge in [-0.1, -0.05) is 6.92 Å². The van der Waals surface area contributed by atoms with Gasteiger partial charge in [0.25, 0.3) is 0 Å². The molecule has 5 heteroatoms. The van der Waals surface area contributed by atoms with Gasteiger partial charge in [0.2, 0.25) is 11.9 Å². The van der Waals surface area contributed by atoms with E-state index in [1.54, 1.807) is 6.20 Å². The first-order valence-electron chi connectivity index (χ1n) is 8.97. The lowest BCUT2D eigenvalue weighted by molar-refractivity contribution is -0.126. The van der Waals surface area contributed by atoms with Gasteiger partial charge in [0.1, 0.15) is 0 Å². The topological polar surface area (TPSA) is 58.1 Å². The summed E-state index contributed by atoms with van der Waals surface area (Å²) in [4.78, 5) is 23.6. The van der Waals surface area contributed by atoms with Gasteiger partial charge in [-0.3, -0.25) is 4.79 Å². The third kappa shape index (κ3) is 4.21. The Morgan fingerprint density at radius 1 is 1.26 bits per heavy atom. The molecule has 23 heavy (non-hydrogen) atoms. The van der Waals surface area contributed by atoms with Crippen LogP contribution in [-0.4, -0.2) is 35.0 Å². The molecule has 1 aromatic heterocycles. The third-order valence-corrected chi connectivity index (χ3v) is 5.22. The first kappa shape index (κ1) is 16.2. The van der Waals surface area contributed by atoms with Crippen LogP contribution in [0.25, 0.3) is 0 Å². The first-order chi connectivity index (χ1) is 11.1. The van der Waals surface area contributed by atoms with E-state index in [0.717, 1.165) is 56.3 Å². The summed E-state index contributed by atoms with van der Waals surface area (Å²) in [5.74, 6) is 1.86. The van der Waals surface area contributed by atoms with Crippen molar-refractivity contribution in [2.45, 2.75) is 58.4 Å². The smallest absolute Gasteiger partial charge is 0.225 e. The summed E-state index contributed by atoms with van der Waals surface area (Å²) in [5, 5.41) is 3.29. The number of aryl methyl sites for hydroxylation is 1. The van der Waals surface area contributed by atoms with E-state index < -0.39 is 0 Å². The molecule has 126 valence electrons. The van der Waals surface area contributed by atoms with Gasteiger partial charge in [-0.25, -0.2) is 9.97 Å². The van der Waals surface area contributed by atoms with Gasteiger partial charge in [-0.15, -0.1) is 0 Å². The van der Waals surface area contributed by atoms with Crippen LogP contribution >= 0.6 is 0 Å². The van der Waals surface area contributed by atoms with E-state index in [1.807, 2.05) is 13.0 Å². The summed E-state index contributed by atoms with van der Waals surface area (Å²) in [6, 6.07) is 2.28. The molecular weight excluding hydrogens is 288 g/mol. The third-order valence-electron chi connectivity index (χ3n) is 5.22. The van der Waals surface area contributed by atoms with Crippen molar-refractivity contribution in [3.05, 3.63) is 18.0 Å². The van der Waals surface area contributed by atoms with E-state index in [0.29, 0.717) is 6.04 Å². The minimum atomic E-state index is 0.0622. The SMILES string of the molecule is Cc1ccnc(N2CCC[C@H](C(=O)NC3CCC(C)CC3)C2)n1. The fourth-order valence-electron chi connectivity index (χ4n) is 3.68. The highest BCUT2D eigenvalue weighted by Gasteiger charge is 2.29. The van der Waals surface area contributed by atoms with Gasteiger partial charge in [0.05, 0.1) is 5.92 Å². The zero-order valence-corrected chi connectivity index (χ0v) is 14.3.